The SMILES string of the molecule is CCN(CC)CCC1OCCO1. The molecule has 1 saturated heterocycles. The molecule has 1 fully saturated rings. The van der Waals surface area contributed by atoms with E-state index in [-0.39, 0.29) is 6.29 Å². The van der Waals surface area contributed by atoms with Gasteiger partial charge in [-0.15, -0.1) is 0 Å². The second-order valence-corrected chi connectivity index (χ2v) is 2.99. The molecule has 0 spiro atoms. The maximum atomic E-state index is 5.34. The van der Waals surface area contributed by atoms with Gasteiger partial charge in [-0.1, -0.05) is 13.8 Å². The number of nitrogens with zero attached hydrogens (tertiary/aromatic N) is 1. The predicted octanol–water partition coefficient (Wildman–Crippen LogP) is 1.09. The summed E-state index contributed by atoms with van der Waals surface area (Å²) in [6.45, 7) is 9.20. The van der Waals surface area contributed by atoms with E-state index >= 15 is 0 Å². The van der Waals surface area contributed by atoms with Crippen molar-refractivity contribution in [3.8, 4) is 0 Å². The Morgan fingerprint density at radius 3 is 2.25 bits per heavy atom. The van der Waals surface area contributed by atoms with Crippen molar-refractivity contribution in [3.63, 3.8) is 0 Å². The Morgan fingerprint density at radius 1 is 1.17 bits per heavy atom. The van der Waals surface area contributed by atoms with E-state index in [9.17, 15) is 0 Å². The van der Waals surface area contributed by atoms with Crippen molar-refractivity contribution in [1.82, 2.24) is 4.90 Å². The van der Waals surface area contributed by atoms with Crippen LogP contribution in [0.3, 0.4) is 0 Å². The van der Waals surface area contributed by atoms with Gasteiger partial charge in [0.25, 0.3) is 0 Å². The molecule has 0 atom stereocenters. The minimum Gasteiger partial charge on any atom is -0.350 e. The van der Waals surface area contributed by atoms with Gasteiger partial charge in [0, 0.05) is 13.0 Å². The van der Waals surface area contributed by atoms with Crippen LogP contribution in [0.15, 0.2) is 0 Å². The predicted molar refractivity (Wildman–Crippen MR) is 48.1 cm³/mol. The molecule has 12 heavy (non-hydrogen) atoms. The average molecular weight is 173 g/mol. The molecule has 72 valence electrons. The first-order valence-electron chi connectivity index (χ1n) is 4.82. The maximum absolute atomic E-state index is 5.34. The zero-order valence-electron chi connectivity index (χ0n) is 8.08. The second-order valence-electron chi connectivity index (χ2n) is 2.99. The van der Waals surface area contributed by atoms with Gasteiger partial charge in [0.1, 0.15) is 0 Å². The first kappa shape index (κ1) is 9.96. The highest BCUT2D eigenvalue weighted by molar-refractivity contribution is 4.57. The summed E-state index contributed by atoms with van der Waals surface area (Å²) in [5.74, 6) is 0. The Morgan fingerprint density at radius 2 is 1.75 bits per heavy atom. The second kappa shape index (κ2) is 5.51. The van der Waals surface area contributed by atoms with Crippen molar-refractivity contribution in [2.45, 2.75) is 26.6 Å². The van der Waals surface area contributed by atoms with E-state index in [2.05, 4.69) is 18.7 Å². The molecule has 0 saturated carbocycles. The molecule has 3 heteroatoms. The molecule has 0 aromatic carbocycles. The van der Waals surface area contributed by atoms with Crippen molar-refractivity contribution in [1.29, 1.82) is 0 Å². The quantitative estimate of drug-likeness (QED) is 0.621. The summed E-state index contributed by atoms with van der Waals surface area (Å²) in [6, 6.07) is 0. The van der Waals surface area contributed by atoms with Crippen molar-refractivity contribution in [2.75, 3.05) is 32.8 Å². The highest BCUT2D eigenvalue weighted by Gasteiger charge is 2.15. The van der Waals surface area contributed by atoms with Crippen LogP contribution in [0.4, 0.5) is 0 Å². The van der Waals surface area contributed by atoms with Gasteiger partial charge >= 0.3 is 0 Å². The standard InChI is InChI=1S/C9H19NO2/c1-3-10(4-2)6-5-9-11-7-8-12-9/h9H,3-8H2,1-2H3. The van der Waals surface area contributed by atoms with E-state index < -0.39 is 0 Å². The lowest BCUT2D eigenvalue weighted by atomic mass is 10.3. The zero-order valence-corrected chi connectivity index (χ0v) is 8.08. The molecule has 0 amide bonds. The van der Waals surface area contributed by atoms with Gasteiger partial charge in [0.15, 0.2) is 6.29 Å². The molecule has 0 radical (unpaired) electrons. The fraction of sp³-hybridized carbons (Fsp3) is 1.00. The molecule has 3 nitrogen and oxygen atoms in total. The first-order valence-corrected chi connectivity index (χ1v) is 4.82. The summed E-state index contributed by atoms with van der Waals surface area (Å²) >= 11 is 0. The van der Waals surface area contributed by atoms with Crippen LogP contribution in [-0.4, -0.2) is 44.0 Å². The molecule has 0 aromatic heterocycles. The van der Waals surface area contributed by atoms with Crippen LogP contribution in [0.25, 0.3) is 0 Å². The monoisotopic (exact) mass is 173 g/mol. The van der Waals surface area contributed by atoms with Gasteiger partial charge in [-0.3, -0.25) is 0 Å². The molecule has 1 aliphatic heterocycles. The number of ether oxygens (including phenoxy) is 2. The smallest absolute Gasteiger partial charge is 0.159 e. The number of hydrogen-bond acceptors (Lipinski definition) is 3. The summed E-state index contributed by atoms with van der Waals surface area (Å²) < 4.78 is 10.7. The van der Waals surface area contributed by atoms with Gasteiger partial charge in [-0.25, -0.2) is 0 Å². The van der Waals surface area contributed by atoms with Crippen molar-refractivity contribution in [3.05, 3.63) is 0 Å². The van der Waals surface area contributed by atoms with E-state index in [4.69, 9.17) is 9.47 Å². The highest BCUT2D eigenvalue weighted by Crippen LogP contribution is 2.08. The third-order valence-corrected chi connectivity index (χ3v) is 2.27. The Bertz CT molecular complexity index is 107. The van der Waals surface area contributed by atoms with Crippen LogP contribution in [-0.2, 0) is 9.47 Å². The van der Waals surface area contributed by atoms with Crippen LogP contribution >= 0.6 is 0 Å². The fourth-order valence-corrected chi connectivity index (χ4v) is 1.40. The Hall–Kier alpha value is -0.120. The van der Waals surface area contributed by atoms with Crippen LogP contribution < -0.4 is 0 Å². The van der Waals surface area contributed by atoms with E-state index in [1.807, 2.05) is 0 Å². The molecular weight excluding hydrogens is 154 g/mol. The van der Waals surface area contributed by atoms with E-state index in [0.717, 1.165) is 39.3 Å². The normalized spacial score (nSPS) is 19.2. The van der Waals surface area contributed by atoms with Crippen LogP contribution in [0.5, 0.6) is 0 Å². The molecule has 0 bridgehead atoms. The summed E-state index contributed by atoms with van der Waals surface area (Å²) in [4.78, 5) is 2.38. The number of rotatable bonds is 5. The van der Waals surface area contributed by atoms with Gasteiger partial charge in [-0.2, -0.15) is 0 Å². The highest BCUT2D eigenvalue weighted by atomic mass is 16.7. The minimum absolute atomic E-state index is 0.0607. The summed E-state index contributed by atoms with van der Waals surface area (Å²) in [7, 11) is 0. The molecule has 1 rings (SSSR count). The van der Waals surface area contributed by atoms with E-state index in [1.165, 1.54) is 0 Å². The van der Waals surface area contributed by atoms with Gasteiger partial charge < -0.3 is 14.4 Å². The molecule has 0 aliphatic carbocycles. The Kier molecular flexibility index (Phi) is 4.58. The summed E-state index contributed by atoms with van der Waals surface area (Å²) in [6.07, 6.45) is 1.06. The first-order chi connectivity index (χ1) is 5.86. The lowest BCUT2D eigenvalue weighted by molar-refractivity contribution is -0.0511. The van der Waals surface area contributed by atoms with E-state index in [0.29, 0.717) is 0 Å². The lowest BCUT2D eigenvalue weighted by Gasteiger charge is -2.19. The minimum atomic E-state index is 0.0607. The van der Waals surface area contributed by atoms with Crippen LogP contribution in [0, 0.1) is 0 Å². The zero-order chi connectivity index (χ0) is 8.81. The summed E-state index contributed by atoms with van der Waals surface area (Å²) in [5, 5.41) is 0. The molecule has 0 unspecified atom stereocenters. The molecule has 1 aliphatic rings. The summed E-state index contributed by atoms with van der Waals surface area (Å²) in [5.41, 5.74) is 0. The average Bonchev–Trinajstić information content (AvgIpc) is 2.59. The van der Waals surface area contributed by atoms with Gasteiger partial charge in [0.2, 0.25) is 0 Å². The molecule has 0 aromatic rings. The maximum Gasteiger partial charge on any atom is 0.159 e. The van der Waals surface area contributed by atoms with Crippen molar-refractivity contribution < 1.29 is 9.47 Å². The third-order valence-electron chi connectivity index (χ3n) is 2.27. The van der Waals surface area contributed by atoms with Crippen molar-refractivity contribution >= 4 is 0 Å². The third kappa shape index (κ3) is 3.09. The van der Waals surface area contributed by atoms with E-state index in [1.54, 1.807) is 0 Å². The van der Waals surface area contributed by atoms with Gasteiger partial charge in [-0.05, 0) is 13.1 Å². The Balaban J connectivity index is 2.06. The van der Waals surface area contributed by atoms with Crippen LogP contribution in [0.2, 0.25) is 0 Å². The topological polar surface area (TPSA) is 21.7 Å². The van der Waals surface area contributed by atoms with Gasteiger partial charge in [0.05, 0.1) is 13.2 Å². The van der Waals surface area contributed by atoms with Crippen molar-refractivity contribution in [2.24, 2.45) is 0 Å². The molecular formula is C9H19NO2. The lowest BCUT2D eigenvalue weighted by Crippen LogP contribution is -2.27. The molecule has 1 heterocycles. The fourth-order valence-electron chi connectivity index (χ4n) is 1.40. The van der Waals surface area contributed by atoms with Crippen LogP contribution in [0.1, 0.15) is 20.3 Å². The Labute approximate surface area is 74.6 Å². The largest absolute Gasteiger partial charge is 0.350 e. The molecule has 0 N–H and O–H groups in total. The number of hydrogen-bond donors (Lipinski definition) is 0.